The van der Waals surface area contributed by atoms with E-state index < -0.39 is 0 Å². The Morgan fingerprint density at radius 1 is 1.58 bits per heavy atom. The van der Waals surface area contributed by atoms with Gasteiger partial charge >= 0.3 is 0 Å². The molecule has 5 heteroatoms. The molecule has 0 amide bonds. The Labute approximate surface area is 119 Å². The highest BCUT2D eigenvalue weighted by molar-refractivity contribution is 7.09. The van der Waals surface area contributed by atoms with Crippen molar-refractivity contribution in [1.29, 1.82) is 0 Å². The van der Waals surface area contributed by atoms with Crippen LogP contribution in [0.25, 0.3) is 0 Å². The second-order valence-corrected chi connectivity index (χ2v) is 7.27. The molecule has 2 rings (SSSR count). The van der Waals surface area contributed by atoms with Gasteiger partial charge in [-0.1, -0.05) is 20.8 Å². The van der Waals surface area contributed by atoms with E-state index in [0.29, 0.717) is 5.92 Å². The molecule has 108 valence electrons. The standard InChI is InChI=1S/C14H25N3OS/c1-14(2,3)12-9-19-13(16-12)7-11(17-15)10-5-4-6-18-8-10/h9-11,17H,4-8,15H2,1-3H3. The molecule has 2 atom stereocenters. The fraction of sp³-hybridized carbons (Fsp3) is 0.786. The molecule has 19 heavy (non-hydrogen) atoms. The first kappa shape index (κ1) is 14.9. The van der Waals surface area contributed by atoms with E-state index in [1.807, 2.05) is 0 Å². The molecule has 0 saturated carbocycles. The van der Waals surface area contributed by atoms with Gasteiger partial charge in [0.25, 0.3) is 0 Å². The van der Waals surface area contributed by atoms with Gasteiger partial charge in [0.1, 0.15) is 0 Å². The smallest absolute Gasteiger partial charge is 0.0944 e. The summed E-state index contributed by atoms with van der Waals surface area (Å²) in [6.07, 6.45) is 3.21. The molecule has 1 aliphatic rings. The van der Waals surface area contributed by atoms with E-state index in [1.165, 1.54) is 17.1 Å². The SMILES string of the molecule is CC(C)(C)c1csc(CC(NN)C2CCCOC2)n1. The van der Waals surface area contributed by atoms with Gasteiger partial charge in [-0.15, -0.1) is 11.3 Å². The Bertz CT molecular complexity index is 394. The molecule has 1 aromatic rings. The Balaban J connectivity index is 1.99. The minimum Gasteiger partial charge on any atom is -0.381 e. The zero-order chi connectivity index (χ0) is 13.9. The highest BCUT2D eigenvalue weighted by Gasteiger charge is 2.25. The minimum atomic E-state index is 0.119. The Hall–Kier alpha value is -0.490. The van der Waals surface area contributed by atoms with Crippen LogP contribution in [0, 0.1) is 5.92 Å². The number of nitrogens with two attached hydrogens (primary N) is 1. The Morgan fingerprint density at radius 2 is 2.37 bits per heavy atom. The van der Waals surface area contributed by atoms with Crippen LogP contribution in [0.3, 0.4) is 0 Å². The summed E-state index contributed by atoms with van der Waals surface area (Å²) < 4.78 is 5.55. The van der Waals surface area contributed by atoms with Crippen LogP contribution in [0.2, 0.25) is 0 Å². The number of hydrogen-bond donors (Lipinski definition) is 2. The van der Waals surface area contributed by atoms with E-state index in [2.05, 4.69) is 31.6 Å². The van der Waals surface area contributed by atoms with Gasteiger partial charge in [0.15, 0.2) is 0 Å². The molecule has 3 N–H and O–H groups in total. The van der Waals surface area contributed by atoms with Crippen LogP contribution < -0.4 is 11.3 Å². The average Bonchev–Trinajstić information content (AvgIpc) is 2.85. The van der Waals surface area contributed by atoms with Gasteiger partial charge in [0.2, 0.25) is 0 Å². The molecule has 2 heterocycles. The number of rotatable bonds is 4. The van der Waals surface area contributed by atoms with E-state index >= 15 is 0 Å². The first-order valence-corrected chi connectivity index (χ1v) is 7.87. The number of hydrazine groups is 1. The number of nitrogens with zero attached hydrogens (tertiary/aromatic N) is 1. The lowest BCUT2D eigenvalue weighted by Crippen LogP contribution is -2.45. The van der Waals surface area contributed by atoms with Crippen LogP contribution in [0.15, 0.2) is 5.38 Å². The summed E-state index contributed by atoms with van der Waals surface area (Å²) in [5.74, 6) is 6.22. The van der Waals surface area contributed by atoms with Gasteiger partial charge in [-0.25, -0.2) is 4.98 Å². The van der Waals surface area contributed by atoms with Crippen molar-refractivity contribution in [3.8, 4) is 0 Å². The van der Waals surface area contributed by atoms with Crippen molar-refractivity contribution in [3.63, 3.8) is 0 Å². The van der Waals surface area contributed by atoms with Gasteiger partial charge < -0.3 is 4.74 Å². The molecule has 0 aliphatic carbocycles. The van der Waals surface area contributed by atoms with Gasteiger partial charge in [0, 0.05) is 29.9 Å². The first-order valence-electron chi connectivity index (χ1n) is 6.99. The van der Waals surface area contributed by atoms with E-state index in [-0.39, 0.29) is 11.5 Å². The number of nitrogens with one attached hydrogen (secondary N) is 1. The molecular weight excluding hydrogens is 258 g/mol. The summed E-state index contributed by atoms with van der Waals surface area (Å²) >= 11 is 1.74. The van der Waals surface area contributed by atoms with Crippen molar-refractivity contribution < 1.29 is 4.74 Å². The van der Waals surface area contributed by atoms with Crippen molar-refractivity contribution in [3.05, 3.63) is 16.1 Å². The van der Waals surface area contributed by atoms with E-state index in [9.17, 15) is 0 Å². The molecular formula is C14H25N3OS. The predicted octanol–water partition coefficient (Wildman–Crippen LogP) is 2.24. The summed E-state index contributed by atoms with van der Waals surface area (Å²) in [4.78, 5) is 4.75. The van der Waals surface area contributed by atoms with Crippen molar-refractivity contribution in [2.75, 3.05) is 13.2 Å². The monoisotopic (exact) mass is 283 g/mol. The van der Waals surface area contributed by atoms with Crippen molar-refractivity contribution >= 4 is 11.3 Å². The predicted molar refractivity (Wildman–Crippen MR) is 79.2 cm³/mol. The van der Waals surface area contributed by atoms with Crippen LogP contribution in [-0.2, 0) is 16.6 Å². The quantitative estimate of drug-likeness (QED) is 0.657. The third kappa shape index (κ3) is 3.99. The summed E-state index contributed by atoms with van der Waals surface area (Å²) in [7, 11) is 0. The molecule has 1 aliphatic heterocycles. The first-order chi connectivity index (χ1) is 9.00. The number of thiazole rings is 1. The van der Waals surface area contributed by atoms with Crippen molar-refractivity contribution in [2.24, 2.45) is 11.8 Å². The summed E-state index contributed by atoms with van der Waals surface area (Å²) in [6, 6.07) is 0.263. The van der Waals surface area contributed by atoms with Gasteiger partial charge in [0.05, 0.1) is 17.3 Å². The van der Waals surface area contributed by atoms with E-state index in [4.69, 9.17) is 15.6 Å². The van der Waals surface area contributed by atoms with Crippen LogP contribution >= 0.6 is 11.3 Å². The zero-order valence-corrected chi connectivity index (χ0v) is 12.9. The largest absolute Gasteiger partial charge is 0.381 e. The topological polar surface area (TPSA) is 60.2 Å². The van der Waals surface area contributed by atoms with Crippen molar-refractivity contribution in [2.45, 2.75) is 51.5 Å². The fourth-order valence-corrected chi connectivity index (χ4v) is 3.46. The maximum atomic E-state index is 5.72. The summed E-state index contributed by atoms with van der Waals surface area (Å²) in [6.45, 7) is 8.28. The number of aromatic nitrogens is 1. The van der Waals surface area contributed by atoms with Crippen LogP contribution in [0.1, 0.15) is 44.3 Å². The lowest BCUT2D eigenvalue weighted by molar-refractivity contribution is 0.0393. The van der Waals surface area contributed by atoms with Crippen LogP contribution in [0.5, 0.6) is 0 Å². The minimum absolute atomic E-state index is 0.119. The number of hydrogen-bond acceptors (Lipinski definition) is 5. The highest BCUT2D eigenvalue weighted by Crippen LogP contribution is 2.26. The molecule has 1 saturated heterocycles. The fourth-order valence-electron chi connectivity index (χ4n) is 2.38. The molecule has 0 aromatic carbocycles. The third-order valence-electron chi connectivity index (χ3n) is 3.69. The van der Waals surface area contributed by atoms with Gasteiger partial charge in [-0.3, -0.25) is 11.3 Å². The Kier molecular flexibility index (Phi) is 4.95. The lowest BCUT2D eigenvalue weighted by Gasteiger charge is -2.29. The van der Waals surface area contributed by atoms with Gasteiger partial charge in [-0.2, -0.15) is 0 Å². The maximum Gasteiger partial charge on any atom is 0.0944 e. The highest BCUT2D eigenvalue weighted by atomic mass is 32.1. The van der Waals surface area contributed by atoms with E-state index in [0.717, 1.165) is 26.1 Å². The zero-order valence-electron chi connectivity index (χ0n) is 12.1. The molecule has 4 nitrogen and oxygen atoms in total. The van der Waals surface area contributed by atoms with Crippen LogP contribution in [-0.4, -0.2) is 24.2 Å². The molecule has 2 unspecified atom stereocenters. The van der Waals surface area contributed by atoms with E-state index in [1.54, 1.807) is 11.3 Å². The summed E-state index contributed by atoms with van der Waals surface area (Å²) in [5, 5.41) is 3.33. The molecule has 0 bridgehead atoms. The third-order valence-corrected chi connectivity index (χ3v) is 4.56. The second-order valence-electron chi connectivity index (χ2n) is 6.33. The summed E-state index contributed by atoms with van der Waals surface area (Å²) in [5.41, 5.74) is 4.24. The average molecular weight is 283 g/mol. The van der Waals surface area contributed by atoms with Crippen LogP contribution in [0.4, 0.5) is 0 Å². The second kappa shape index (κ2) is 6.31. The van der Waals surface area contributed by atoms with Crippen molar-refractivity contribution in [1.82, 2.24) is 10.4 Å². The molecule has 0 radical (unpaired) electrons. The lowest BCUT2D eigenvalue weighted by atomic mass is 9.92. The molecule has 0 spiro atoms. The van der Waals surface area contributed by atoms with Gasteiger partial charge in [-0.05, 0) is 18.8 Å². The number of ether oxygens (including phenoxy) is 1. The normalized spacial score (nSPS) is 22.4. The maximum absolute atomic E-state index is 5.72. The Morgan fingerprint density at radius 3 is 2.89 bits per heavy atom. The molecule has 1 fully saturated rings. The molecule has 1 aromatic heterocycles.